The molecule has 1 aromatic heterocycles. The molecule has 0 amide bonds. The topological polar surface area (TPSA) is 92.1 Å². The normalized spacial score (nSPS) is 18.7. The van der Waals surface area contributed by atoms with Gasteiger partial charge in [0.25, 0.3) is 0 Å². The molecule has 0 radical (unpaired) electrons. The van der Waals surface area contributed by atoms with Gasteiger partial charge >= 0.3 is 0 Å². The quantitative estimate of drug-likeness (QED) is 0.844. The van der Waals surface area contributed by atoms with Crippen molar-refractivity contribution in [2.24, 2.45) is 0 Å². The second-order valence-corrected chi connectivity index (χ2v) is 6.43. The Morgan fingerprint density at radius 1 is 1.41 bits per heavy atom. The summed E-state index contributed by atoms with van der Waals surface area (Å²) in [6, 6.07) is 0.0862. The molecule has 7 heteroatoms. The third-order valence-electron chi connectivity index (χ3n) is 3.38. The number of anilines is 1. The van der Waals surface area contributed by atoms with Crippen molar-refractivity contribution in [3.8, 4) is 0 Å². The van der Waals surface area contributed by atoms with Gasteiger partial charge in [-0.2, -0.15) is 9.40 Å². The fourth-order valence-corrected chi connectivity index (χ4v) is 3.71. The van der Waals surface area contributed by atoms with Gasteiger partial charge in [-0.1, -0.05) is 19.3 Å². The Morgan fingerprint density at radius 3 is 2.59 bits per heavy atom. The second kappa shape index (κ2) is 4.66. The third kappa shape index (κ3) is 2.30. The van der Waals surface area contributed by atoms with E-state index in [2.05, 4.69) is 10.2 Å². The number of aromatic nitrogens is 2. The summed E-state index contributed by atoms with van der Waals surface area (Å²) in [6.45, 7) is 0. The molecule has 1 fully saturated rings. The molecule has 0 unspecified atom stereocenters. The lowest BCUT2D eigenvalue weighted by molar-refractivity contribution is 0.286. The molecule has 17 heavy (non-hydrogen) atoms. The van der Waals surface area contributed by atoms with E-state index in [1.807, 2.05) is 0 Å². The van der Waals surface area contributed by atoms with Crippen molar-refractivity contribution in [1.82, 2.24) is 14.5 Å². The first-order valence-electron chi connectivity index (χ1n) is 5.80. The molecule has 1 aliphatic rings. The molecule has 1 aromatic rings. The summed E-state index contributed by atoms with van der Waals surface area (Å²) in [5, 5.41) is 6.11. The Bertz CT molecular complexity index is 476. The number of hydrogen-bond donors (Lipinski definition) is 2. The highest BCUT2D eigenvalue weighted by Crippen LogP contribution is 2.27. The number of aromatic amines is 1. The number of sulfonamides is 1. The number of hydrogen-bond acceptors (Lipinski definition) is 4. The van der Waals surface area contributed by atoms with E-state index in [0.717, 1.165) is 25.7 Å². The summed E-state index contributed by atoms with van der Waals surface area (Å²) in [5.41, 5.74) is 5.57. The van der Waals surface area contributed by atoms with Crippen molar-refractivity contribution < 1.29 is 8.42 Å². The summed E-state index contributed by atoms with van der Waals surface area (Å²) in [4.78, 5) is 0.0746. The Hall–Kier alpha value is -1.08. The minimum atomic E-state index is -3.51. The Kier molecular flexibility index (Phi) is 3.39. The first-order valence-corrected chi connectivity index (χ1v) is 7.24. The van der Waals surface area contributed by atoms with Crippen LogP contribution in [0.3, 0.4) is 0 Å². The van der Waals surface area contributed by atoms with Crippen molar-refractivity contribution in [3.05, 3.63) is 6.20 Å². The second-order valence-electron chi connectivity index (χ2n) is 4.46. The molecule has 0 atom stereocenters. The van der Waals surface area contributed by atoms with E-state index in [4.69, 9.17) is 5.73 Å². The van der Waals surface area contributed by atoms with Crippen LogP contribution in [0.15, 0.2) is 11.1 Å². The molecule has 1 heterocycles. The molecule has 3 N–H and O–H groups in total. The fraction of sp³-hybridized carbons (Fsp3) is 0.700. The van der Waals surface area contributed by atoms with Gasteiger partial charge in [-0.15, -0.1) is 0 Å². The average molecular weight is 258 g/mol. The third-order valence-corrected chi connectivity index (χ3v) is 5.32. The number of H-pyrrole nitrogens is 1. The maximum absolute atomic E-state index is 12.3. The lowest BCUT2D eigenvalue weighted by atomic mass is 9.96. The standard InChI is InChI=1S/C10H18N4O2S/c1-14(8-5-3-2-4-6-8)17(15,16)9-7-12-13-10(9)11/h7-8H,2-6H2,1H3,(H3,11,12,13). The fourth-order valence-electron chi connectivity index (χ4n) is 2.29. The van der Waals surface area contributed by atoms with Gasteiger partial charge in [-0.05, 0) is 12.8 Å². The zero-order valence-corrected chi connectivity index (χ0v) is 10.7. The van der Waals surface area contributed by atoms with E-state index in [0.29, 0.717) is 0 Å². The average Bonchev–Trinajstić information content (AvgIpc) is 2.76. The minimum absolute atomic E-state index is 0.0746. The lowest BCUT2D eigenvalue weighted by Crippen LogP contribution is -2.38. The van der Waals surface area contributed by atoms with Crippen LogP contribution in [-0.4, -0.2) is 36.0 Å². The number of nitrogens with one attached hydrogen (secondary N) is 1. The first-order chi connectivity index (χ1) is 8.03. The maximum Gasteiger partial charge on any atom is 0.248 e. The van der Waals surface area contributed by atoms with Crippen LogP contribution in [0, 0.1) is 0 Å². The van der Waals surface area contributed by atoms with Crippen molar-refractivity contribution in [2.75, 3.05) is 12.8 Å². The minimum Gasteiger partial charge on any atom is -0.383 e. The van der Waals surface area contributed by atoms with Gasteiger partial charge in [0.1, 0.15) is 10.7 Å². The maximum atomic E-state index is 12.3. The van der Waals surface area contributed by atoms with Gasteiger partial charge in [0.15, 0.2) is 0 Å². The monoisotopic (exact) mass is 258 g/mol. The molecule has 0 aromatic carbocycles. The number of nitrogens with zero attached hydrogens (tertiary/aromatic N) is 2. The SMILES string of the molecule is CN(C1CCCCC1)S(=O)(=O)c1cn[nH]c1N. The molecule has 0 aliphatic heterocycles. The number of nitrogen functional groups attached to an aromatic ring is 1. The van der Waals surface area contributed by atoms with Gasteiger partial charge in [0.2, 0.25) is 10.0 Å². The smallest absolute Gasteiger partial charge is 0.248 e. The molecule has 0 spiro atoms. The molecule has 0 bridgehead atoms. The summed E-state index contributed by atoms with van der Waals surface area (Å²) in [5.74, 6) is 0.104. The van der Waals surface area contributed by atoms with Crippen molar-refractivity contribution in [3.63, 3.8) is 0 Å². The summed E-state index contributed by atoms with van der Waals surface area (Å²) >= 11 is 0. The van der Waals surface area contributed by atoms with Crippen LogP contribution >= 0.6 is 0 Å². The Morgan fingerprint density at radius 2 is 2.06 bits per heavy atom. The van der Waals surface area contributed by atoms with Crippen LogP contribution < -0.4 is 5.73 Å². The van der Waals surface area contributed by atoms with Gasteiger partial charge in [-0.25, -0.2) is 8.42 Å². The van der Waals surface area contributed by atoms with E-state index in [-0.39, 0.29) is 16.8 Å². The van der Waals surface area contributed by atoms with Crippen LogP contribution in [0.2, 0.25) is 0 Å². The van der Waals surface area contributed by atoms with E-state index >= 15 is 0 Å². The van der Waals surface area contributed by atoms with E-state index in [1.54, 1.807) is 7.05 Å². The predicted octanol–water partition coefficient (Wildman–Crippen LogP) is 0.945. The molecule has 1 aliphatic carbocycles. The van der Waals surface area contributed by atoms with Crippen LogP contribution in [0.5, 0.6) is 0 Å². The molecule has 96 valence electrons. The van der Waals surface area contributed by atoms with Gasteiger partial charge < -0.3 is 5.73 Å². The lowest BCUT2D eigenvalue weighted by Gasteiger charge is -2.30. The van der Waals surface area contributed by atoms with E-state index < -0.39 is 10.0 Å². The van der Waals surface area contributed by atoms with Crippen LogP contribution in [0.1, 0.15) is 32.1 Å². The largest absolute Gasteiger partial charge is 0.383 e. The van der Waals surface area contributed by atoms with Crippen LogP contribution in [-0.2, 0) is 10.0 Å². The van der Waals surface area contributed by atoms with Crippen LogP contribution in [0.25, 0.3) is 0 Å². The number of rotatable bonds is 3. The van der Waals surface area contributed by atoms with Gasteiger partial charge in [-0.3, -0.25) is 5.10 Å². The molecule has 1 saturated carbocycles. The molecule has 6 nitrogen and oxygen atoms in total. The molecular weight excluding hydrogens is 240 g/mol. The Balaban J connectivity index is 2.23. The van der Waals surface area contributed by atoms with Gasteiger partial charge in [0, 0.05) is 13.1 Å². The van der Waals surface area contributed by atoms with E-state index in [9.17, 15) is 8.42 Å². The molecule has 0 saturated heterocycles. The predicted molar refractivity (Wildman–Crippen MR) is 64.8 cm³/mol. The summed E-state index contributed by atoms with van der Waals surface area (Å²) < 4.78 is 26.0. The zero-order valence-electron chi connectivity index (χ0n) is 9.89. The van der Waals surface area contributed by atoms with Gasteiger partial charge in [0.05, 0.1) is 6.20 Å². The molecule has 2 rings (SSSR count). The Labute approximate surface area is 101 Å². The van der Waals surface area contributed by atoms with Crippen molar-refractivity contribution in [2.45, 2.75) is 43.0 Å². The summed E-state index contributed by atoms with van der Waals surface area (Å²) in [6.07, 6.45) is 6.49. The highest BCUT2D eigenvalue weighted by Gasteiger charge is 2.31. The van der Waals surface area contributed by atoms with Crippen molar-refractivity contribution in [1.29, 1.82) is 0 Å². The summed E-state index contributed by atoms with van der Waals surface area (Å²) in [7, 11) is -1.89. The molecular formula is C10H18N4O2S. The first kappa shape index (κ1) is 12.4. The van der Waals surface area contributed by atoms with E-state index in [1.165, 1.54) is 16.9 Å². The van der Waals surface area contributed by atoms with Crippen molar-refractivity contribution >= 4 is 15.8 Å². The van der Waals surface area contributed by atoms with Crippen LogP contribution in [0.4, 0.5) is 5.82 Å². The highest BCUT2D eigenvalue weighted by molar-refractivity contribution is 7.89. The zero-order chi connectivity index (χ0) is 12.5. The number of nitrogens with two attached hydrogens (primary N) is 1. The highest BCUT2D eigenvalue weighted by atomic mass is 32.2.